The standard InChI is InChI=1S/C32H40N4O5/c1-32(2,3)36-29(38)19-26(34-28(37)18-17-22-11-6-5-7-12-22)31(40)35-27(21-41-4)30(39)33-20-24-15-10-14-23-13-8-9-16-25(23)24/h5-16,26-27H,17-21H2,1-4H3,(H,33,39)(H,34,37)(H,35,40)(H,36,38). The van der Waals surface area contributed by atoms with E-state index in [-0.39, 0.29) is 31.9 Å². The van der Waals surface area contributed by atoms with Crippen molar-refractivity contribution in [3.63, 3.8) is 0 Å². The summed E-state index contributed by atoms with van der Waals surface area (Å²) in [5.74, 6) is -1.86. The number of aryl methyl sites for hydroxylation is 1. The fraction of sp³-hybridized carbons (Fsp3) is 0.375. The lowest BCUT2D eigenvalue weighted by molar-refractivity contribution is -0.134. The van der Waals surface area contributed by atoms with Crippen LogP contribution in [0.15, 0.2) is 72.8 Å². The van der Waals surface area contributed by atoms with E-state index < -0.39 is 35.3 Å². The molecule has 9 heteroatoms. The van der Waals surface area contributed by atoms with Gasteiger partial charge in [0.15, 0.2) is 0 Å². The summed E-state index contributed by atoms with van der Waals surface area (Å²) in [5.41, 5.74) is 1.40. The lowest BCUT2D eigenvalue weighted by Gasteiger charge is -2.25. The number of amides is 4. The molecule has 0 heterocycles. The summed E-state index contributed by atoms with van der Waals surface area (Å²) < 4.78 is 5.20. The number of fused-ring (bicyclic) bond motifs is 1. The molecule has 0 aliphatic carbocycles. The first-order chi connectivity index (χ1) is 19.6. The Balaban J connectivity index is 1.67. The highest BCUT2D eigenvalue weighted by Gasteiger charge is 2.29. The molecule has 41 heavy (non-hydrogen) atoms. The first-order valence-electron chi connectivity index (χ1n) is 13.7. The fourth-order valence-corrected chi connectivity index (χ4v) is 4.41. The Morgan fingerprint density at radius 1 is 0.780 bits per heavy atom. The van der Waals surface area contributed by atoms with Gasteiger partial charge in [-0.1, -0.05) is 72.8 Å². The molecule has 9 nitrogen and oxygen atoms in total. The summed E-state index contributed by atoms with van der Waals surface area (Å²) in [5, 5.41) is 13.1. The molecule has 0 bridgehead atoms. The fourth-order valence-electron chi connectivity index (χ4n) is 4.41. The topological polar surface area (TPSA) is 126 Å². The molecule has 0 fully saturated rings. The van der Waals surface area contributed by atoms with Crippen molar-refractivity contribution in [1.29, 1.82) is 0 Å². The normalized spacial score (nSPS) is 12.7. The molecule has 218 valence electrons. The van der Waals surface area contributed by atoms with Gasteiger partial charge in [0.1, 0.15) is 12.1 Å². The number of methoxy groups -OCH3 is 1. The van der Waals surface area contributed by atoms with Crippen LogP contribution < -0.4 is 21.3 Å². The predicted molar refractivity (Wildman–Crippen MR) is 159 cm³/mol. The van der Waals surface area contributed by atoms with Crippen molar-refractivity contribution in [2.45, 2.75) is 64.2 Å². The van der Waals surface area contributed by atoms with Gasteiger partial charge in [-0.05, 0) is 49.1 Å². The van der Waals surface area contributed by atoms with Crippen molar-refractivity contribution >= 4 is 34.4 Å². The highest BCUT2D eigenvalue weighted by atomic mass is 16.5. The number of rotatable bonds is 13. The highest BCUT2D eigenvalue weighted by Crippen LogP contribution is 2.18. The SMILES string of the molecule is COCC(NC(=O)C(CC(=O)NC(C)(C)C)NC(=O)CCc1ccccc1)C(=O)NCc1cccc2ccccc12. The van der Waals surface area contributed by atoms with Gasteiger partial charge in [-0.15, -0.1) is 0 Å². The van der Waals surface area contributed by atoms with Gasteiger partial charge in [0, 0.05) is 25.6 Å². The number of hydrogen-bond acceptors (Lipinski definition) is 5. The number of ether oxygens (including phenoxy) is 1. The summed E-state index contributed by atoms with van der Waals surface area (Å²) in [4.78, 5) is 52.0. The van der Waals surface area contributed by atoms with Crippen LogP contribution in [-0.4, -0.2) is 55.0 Å². The molecular formula is C32H40N4O5. The molecule has 4 amide bonds. The van der Waals surface area contributed by atoms with Crippen LogP contribution in [-0.2, 0) is 36.9 Å². The zero-order valence-electron chi connectivity index (χ0n) is 24.2. The third-order valence-corrected chi connectivity index (χ3v) is 6.34. The van der Waals surface area contributed by atoms with Crippen LogP contribution in [0, 0.1) is 0 Å². The van der Waals surface area contributed by atoms with E-state index in [4.69, 9.17) is 4.74 Å². The number of carbonyl (C=O) groups excluding carboxylic acids is 4. The van der Waals surface area contributed by atoms with Crippen LogP contribution in [0.3, 0.4) is 0 Å². The van der Waals surface area contributed by atoms with E-state index >= 15 is 0 Å². The van der Waals surface area contributed by atoms with Crippen molar-refractivity contribution in [2.24, 2.45) is 0 Å². The minimum Gasteiger partial charge on any atom is -0.382 e. The van der Waals surface area contributed by atoms with Crippen LogP contribution in [0.1, 0.15) is 44.7 Å². The zero-order chi connectivity index (χ0) is 29.8. The maximum absolute atomic E-state index is 13.4. The summed E-state index contributed by atoms with van der Waals surface area (Å²) in [6, 6.07) is 21.0. The smallest absolute Gasteiger partial charge is 0.245 e. The van der Waals surface area contributed by atoms with Gasteiger partial charge >= 0.3 is 0 Å². The Morgan fingerprint density at radius 3 is 2.17 bits per heavy atom. The zero-order valence-corrected chi connectivity index (χ0v) is 24.2. The molecule has 0 aliphatic rings. The molecule has 3 aromatic rings. The molecule has 3 rings (SSSR count). The van der Waals surface area contributed by atoms with Crippen LogP contribution in [0.25, 0.3) is 10.8 Å². The van der Waals surface area contributed by atoms with Crippen LogP contribution in [0.2, 0.25) is 0 Å². The number of carbonyl (C=O) groups is 4. The van der Waals surface area contributed by atoms with E-state index in [9.17, 15) is 19.2 Å². The van der Waals surface area contributed by atoms with E-state index in [0.29, 0.717) is 6.42 Å². The molecule has 3 aromatic carbocycles. The van der Waals surface area contributed by atoms with Gasteiger partial charge in [-0.25, -0.2) is 0 Å². The molecule has 0 aromatic heterocycles. The predicted octanol–water partition coefficient (Wildman–Crippen LogP) is 3.01. The summed E-state index contributed by atoms with van der Waals surface area (Å²) >= 11 is 0. The van der Waals surface area contributed by atoms with Crippen molar-refractivity contribution in [2.75, 3.05) is 13.7 Å². The third kappa shape index (κ3) is 10.3. The number of nitrogens with one attached hydrogen (secondary N) is 4. The first kappa shape index (κ1) is 31.3. The second kappa shape index (κ2) is 14.9. The van der Waals surface area contributed by atoms with E-state index in [0.717, 1.165) is 21.9 Å². The van der Waals surface area contributed by atoms with Crippen molar-refractivity contribution in [3.05, 3.63) is 83.9 Å². The molecule has 2 unspecified atom stereocenters. The van der Waals surface area contributed by atoms with Crippen molar-refractivity contribution in [1.82, 2.24) is 21.3 Å². The summed E-state index contributed by atoms with van der Waals surface area (Å²) in [7, 11) is 1.43. The third-order valence-electron chi connectivity index (χ3n) is 6.34. The van der Waals surface area contributed by atoms with Gasteiger partial charge in [0.05, 0.1) is 13.0 Å². The maximum Gasteiger partial charge on any atom is 0.245 e. The lowest BCUT2D eigenvalue weighted by Crippen LogP contribution is -2.56. The largest absolute Gasteiger partial charge is 0.382 e. The first-order valence-corrected chi connectivity index (χ1v) is 13.7. The minimum absolute atomic E-state index is 0.0873. The molecular weight excluding hydrogens is 520 g/mol. The molecule has 0 aliphatic heterocycles. The van der Waals surface area contributed by atoms with Gasteiger partial charge in [0.2, 0.25) is 23.6 Å². The summed E-state index contributed by atoms with van der Waals surface area (Å²) in [6.45, 7) is 5.65. The molecule has 0 spiro atoms. The molecule has 2 atom stereocenters. The second-order valence-corrected chi connectivity index (χ2v) is 11.0. The van der Waals surface area contributed by atoms with E-state index in [1.165, 1.54) is 7.11 Å². The molecule has 0 saturated heterocycles. The Labute approximate surface area is 241 Å². The van der Waals surface area contributed by atoms with E-state index in [1.807, 2.05) is 93.6 Å². The molecule has 0 saturated carbocycles. The number of benzene rings is 3. The summed E-state index contributed by atoms with van der Waals surface area (Å²) in [6.07, 6.45) is 0.345. The van der Waals surface area contributed by atoms with E-state index in [1.54, 1.807) is 0 Å². The Hall–Kier alpha value is -4.24. The van der Waals surface area contributed by atoms with Crippen molar-refractivity contribution < 1.29 is 23.9 Å². The Morgan fingerprint density at radius 2 is 1.46 bits per heavy atom. The average Bonchev–Trinajstić information content (AvgIpc) is 2.93. The quantitative estimate of drug-likeness (QED) is 0.256. The number of hydrogen-bond donors (Lipinski definition) is 4. The van der Waals surface area contributed by atoms with Gasteiger partial charge in [-0.3, -0.25) is 19.2 Å². The van der Waals surface area contributed by atoms with Crippen molar-refractivity contribution in [3.8, 4) is 0 Å². The molecule has 4 N–H and O–H groups in total. The van der Waals surface area contributed by atoms with E-state index in [2.05, 4.69) is 21.3 Å². The maximum atomic E-state index is 13.4. The van der Waals surface area contributed by atoms with Gasteiger partial charge in [-0.2, -0.15) is 0 Å². The van der Waals surface area contributed by atoms with Gasteiger partial charge < -0.3 is 26.0 Å². The highest BCUT2D eigenvalue weighted by molar-refractivity contribution is 5.95. The molecule has 0 radical (unpaired) electrons. The van der Waals surface area contributed by atoms with Gasteiger partial charge in [0.25, 0.3) is 0 Å². The second-order valence-electron chi connectivity index (χ2n) is 11.0. The van der Waals surface area contributed by atoms with Crippen LogP contribution >= 0.6 is 0 Å². The Kier molecular flexibility index (Phi) is 11.4. The lowest BCUT2D eigenvalue weighted by atomic mass is 10.0. The van der Waals surface area contributed by atoms with Crippen LogP contribution in [0.5, 0.6) is 0 Å². The Bertz CT molecular complexity index is 1330. The minimum atomic E-state index is -1.18. The average molecular weight is 561 g/mol. The van der Waals surface area contributed by atoms with Crippen LogP contribution in [0.4, 0.5) is 0 Å². The monoisotopic (exact) mass is 560 g/mol.